The molecule has 3 rings (SSSR count). The number of hydrogen-bond acceptors (Lipinski definition) is 4. The lowest BCUT2D eigenvalue weighted by molar-refractivity contribution is 0.0922. The third-order valence-corrected chi connectivity index (χ3v) is 4.78. The van der Waals surface area contributed by atoms with Gasteiger partial charge in [0.1, 0.15) is 11.5 Å². The van der Waals surface area contributed by atoms with Gasteiger partial charge in [0.25, 0.3) is 5.91 Å². The molecule has 120 valence electrons. The number of hydrogen-bond donors (Lipinski definition) is 2. The fourth-order valence-corrected chi connectivity index (χ4v) is 3.48. The summed E-state index contributed by atoms with van der Waals surface area (Å²) in [6.45, 7) is 0. The fourth-order valence-electron chi connectivity index (χ4n) is 3.48. The van der Waals surface area contributed by atoms with Gasteiger partial charge in [0.2, 0.25) is 0 Å². The molecule has 1 amide bonds. The zero-order chi connectivity index (χ0) is 15.2. The molecule has 0 saturated heterocycles. The van der Waals surface area contributed by atoms with Crippen molar-refractivity contribution < 1.29 is 4.79 Å². The van der Waals surface area contributed by atoms with E-state index in [9.17, 15) is 4.79 Å². The smallest absolute Gasteiger partial charge is 0.271 e. The van der Waals surface area contributed by atoms with Crippen molar-refractivity contribution >= 4 is 11.7 Å². The summed E-state index contributed by atoms with van der Waals surface area (Å²) >= 11 is 0. The molecule has 2 N–H and O–H groups in total. The maximum absolute atomic E-state index is 12.2. The number of carbonyl (C=O) groups is 1. The minimum Gasteiger partial charge on any atom is -0.366 e. The molecule has 1 aromatic heterocycles. The molecule has 1 heterocycles. The molecule has 2 saturated carbocycles. The van der Waals surface area contributed by atoms with Gasteiger partial charge in [-0.05, 0) is 25.7 Å². The van der Waals surface area contributed by atoms with Crippen LogP contribution in [0.1, 0.15) is 74.7 Å². The fraction of sp³-hybridized carbons (Fsp3) is 0.706. The first-order valence-electron chi connectivity index (χ1n) is 8.71. The van der Waals surface area contributed by atoms with Crippen LogP contribution in [0.25, 0.3) is 0 Å². The Balaban J connectivity index is 1.52. The van der Waals surface area contributed by atoms with Crippen molar-refractivity contribution in [3.05, 3.63) is 18.1 Å². The van der Waals surface area contributed by atoms with Crippen molar-refractivity contribution in [2.75, 3.05) is 5.32 Å². The molecule has 22 heavy (non-hydrogen) atoms. The highest BCUT2D eigenvalue weighted by Crippen LogP contribution is 2.20. The maximum atomic E-state index is 12.2. The van der Waals surface area contributed by atoms with E-state index in [1.807, 2.05) is 0 Å². The highest BCUT2D eigenvalue weighted by atomic mass is 16.1. The molecule has 1 aromatic rings. The average molecular weight is 302 g/mol. The van der Waals surface area contributed by atoms with Crippen LogP contribution >= 0.6 is 0 Å². The summed E-state index contributed by atoms with van der Waals surface area (Å²) in [4.78, 5) is 20.8. The number of aromatic nitrogens is 2. The molecule has 5 nitrogen and oxygen atoms in total. The molecule has 5 heteroatoms. The first kappa shape index (κ1) is 15.3. The van der Waals surface area contributed by atoms with Crippen LogP contribution in [0.2, 0.25) is 0 Å². The zero-order valence-corrected chi connectivity index (χ0v) is 13.2. The Morgan fingerprint density at radius 1 is 0.864 bits per heavy atom. The van der Waals surface area contributed by atoms with Crippen LogP contribution in [0, 0.1) is 0 Å². The van der Waals surface area contributed by atoms with E-state index >= 15 is 0 Å². The third kappa shape index (κ3) is 4.18. The second kappa shape index (κ2) is 7.56. The van der Waals surface area contributed by atoms with Gasteiger partial charge in [0.15, 0.2) is 0 Å². The second-order valence-electron chi connectivity index (χ2n) is 6.57. The summed E-state index contributed by atoms with van der Waals surface area (Å²) in [5.74, 6) is 0.685. The van der Waals surface area contributed by atoms with Gasteiger partial charge in [-0.15, -0.1) is 0 Å². The first-order valence-corrected chi connectivity index (χ1v) is 8.71. The summed E-state index contributed by atoms with van der Waals surface area (Å²) in [6, 6.07) is 0.813. The van der Waals surface area contributed by atoms with E-state index in [2.05, 4.69) is 20.6 Å². The van der Waals surface area contributed by atoms with Gasteiger partial charge < -0.3 is 10.6 Å². The summed E-state index contributed by atoms with van der Waals surface area (Å²) < 4.78 is 0. The number of amides is 1. The van der Waals surface area contributed by atoms with Crippen molar-refractivity contribution in [1.29, 1.82) is 0 Å². The van der Waals surface area contributed by atoms with Crippen molar-refractivity contribution in [3.63, 3.8) is 0 Å². The number of nitrogens with zero attached hydrogens (tertiary/aromatic N) is 2. The van der Waals surface area contributed by atoms with E-state index in [4.69, 9.17) is 0 Å². The molecule has 2 aliphatic carbocycles. The van der Waals surface area contributed by atoms with Crippen LogP contribution in [0.4, 0.5) is 5.82 Å². The van der Waals surface area contributed by atoms with Crippen LogP contribution in [-0.4, -0.2) is 28.0 Å². The highest BCUT2D eigenvalue weighted by molar-refractivity contribution is 5.92. The summed E-state index contributed by atoms with van der Waals surface area (Å²) in [5.41, 5.74) is 0.416. The molecule has 0 radical (unpaired) electrons. The molecular weight excluding hydrogens is 276 g/mol. The lowest BCUT2D eigenvalue weighted by Gasteiger charge is -2.23. The molecular formula is C17H26N4O. The monoisotopic (exact) mass is 302 g/mol. The van der Waals surface area contributed by atoms with Gasteiger partial charge in [0.05, 0.1) is 12.4 Å². The molecule has 0 aromatic carbocycles. The molecule has 2 aliphatic rings. The van der Waals surface area contributed by atoms with Gasteiger partial charge in [-0.2, -0.15) is 0 Å². The van der Waals surface area contributed by atoms with Crippen LogP contribution in [0.5, 0.6) is 0 Å². The van der Waals surface area contributed by atoms with Gasteiger partial charge in [-0.3, -0.25) is 4.79 Å². The molecule has 0 atom stereocenters. The molecule has 2 fully saturated rings. The normalized spacial score (nSPS) is 20.5. The molecule has 0 unspecified atom stereocenters. The number of carbonyl (C=O) groups excluding carboxylic acids is 1. The van der Waals surface area contributed by atoms with Crippen LogP contribution in [0.15, 0.2) is 12.4 Å². The quantitative estimate of drug-likeness (QED) is 0.895. The number of nitrogens with one attached hydrogen (secondary N) is 2. The van der Waals surface area contributed by atoms with E-state index in [1.54, 1.807) is 12.4 Å². The Bertz CT molecular complexity index is 476. The van der Waals surface area contributed by atoms with Gasteiger partial charge >= 0.3 is 0 Å². The Morgan fingerprint density at radius 2 is 1.50 bits per heavy atom. The van der Waals surface area contributed by atoms with Crippen molar-refractivity contribution in [1.82, 2.24) is 15.3 Å². The molecule has 0 spiro atoms. The molecule has 0 bridgehead atoms. The summed E-state index contributed by atoms with van der Waals surface area (Å²) in [7, 11) is 0. The zero-order valence-electron chi connectivity index (χ0n) is 13.2. The minimum absolute atomic E-state index is 0.0939. The van der Waals surface area contributed by atoms with Gasteiger partial charge in [-0.1, -0.05) is 38.5 Å². The highest BCUT2D eigenvalue weighted by Gasteiger charge is 2.18. The lowest BCUT2D eigenvalue weighted by Crippen LogP contribution is -2.36. The maximum Gasteiger partial charge on any atom is 0.271 e. The van der Waals surface area contributed by atoms with Crippen molar-refractivity contribution in [2.45, 2.75) is 76.3 Å². The van der Waals surface area contributed by atoms with Crippen molar-refractivity contribution in [2.24, 2.45) is 0 Å². The van der Waals surface area contributed by atoms with Crippen LogP contribution in [0.3, 0.4) is 0 Å². The predicted octanol–water partition coefficient (Wildman–Crippen LogP) is 3.28. The Morgan fingerprint density at radius 3 is 2.09 bits per heavy atom. The number of rotatable bonds is 4. The second-order valence-corrected chi connectivity index (χ2v) is 6.57. The first-order chi connectivity index (χ1) is 10.8. The summed E-state index contributed by atoms with van der Waals surface area (Å²) in [6.07, 6.45) is 15.4. The third-order valence-electron chi connectivity index (χ3n) is 4.78. The van der Waals surface area contributed by atoms with E-state index < -0.39 is 0 Å². The average Bonchev–Trinajstić information content (AvgIpc) is 2.57. The van der Waals surface area contributed by atoms with Gasteiger partial charge in [-0.25, -0.2) is 9.97 Å². The topological polar surface area (TPSA) is 66.9 Å². The predicted molar refractivity (Wildman–Crippen MR) is 86.9 cm³/mol. The summed E-state index contributed by atoms with van der Waals surface area (Å²) in [5, 5.41) is 6.50. The van der Waals surface area contributed by atoms with E-state index in [0.717, 1.165) is 18.7 Å². The van der Waals surface area contributed by atoms with Crippen molar-refractivity contribution in [3.8, 4) is 0 Å². The minimum atomic E-state index is -0.0939. The lowest BCUT2D eigenvalue weighted by atomic mass is 9.95. The standard InChI is InChI=1S/C17H26N4O/c22-17(21-14-9-5-2-6-10-14)15-11-19-16(12-18-15)20-13-7-3-1-4-8-13/h11-14H,1-10H2,(H,19,20)(H,21,22). The Hall–Kier alpha value is -1.65. The van der Waals surface area contributed by atoms with E-state index in [0.29, 0.717) is 17.8 Å². The van der Waals surface area contributed by atoms with Crippen LogP contribution < -0.4 is 10.6 Å². The van der Waals surface area contributed by atoms with Gasteiger partial charge in [0, 0.05) is 12.1 Å². The largest absolute Gasteiger partial charge is 0.366 e. The number of anilines is 1. The van der Waals surface area contributed by atoms with Crippen LogP contribution in [-0.2, 0) is 0 Å². The Labute approximate surface area is 132 Å². The Kier molecular flexibility index (Phi) is 5.24. The SMILES string of the molecule is O=C(NC1CCCCC1)c1cnc(NC2CCCCC2)cn1. The van der Waals surface area contributed by atoms with E-state index in [-0.39, 0.29) is 5.91 Å². The van der Waals surface area contributed by atoms with E-state index in [1.165, 1.54) is 51.4 Å². The molecule has 0 aliphatic heterocycles.